The van der Waals surface area contributed by atoms with Crippen LogP contribution in [0.15, 0.2) is 24.3 Å². The number of methoxy groups -OCH3 is 1. The van der Waals surface area contributed by atoms with Gasteiger partial charge in [0.05, 0.1) is 19.1 Å². The van der Waals surface area contributed by atoms with Crippen molar-refractivity contribution in [3.8, 4) is 0 Å². The monoisotopic (exact) mass is 284 g/mol. The maximum absolute atomic E-state index is 11.6. The van der Waals surface area contributed by atoms with Gasteiger partial charge in [0.15, 0.2) is 0 Å². The largest absolute Gasteiger partial charge is 0.469 e. The Hall–Kier alpha value is -2.21. The van der Waals surface area contributed by atoms with E-state index >= 15 is 0 Å². The Morgan fingerprint density at radius 3 is 2.37 bits per heavy atom. The normalized spacial score (nSPS) is 9.58. The van der Waals surface area contributed by atoms with Crippen LogP contribution in [-0.2, 0) is 30.3 Å². The molecule has 0 aliphatic carbocycles. The molecule has 7 heteroatoms. The molecule has 6 nitrogen and oxygen atoms in total. The molecule has 0 N–H and O–H groups in total. The van der Waals surface area contributed by atoms with Crippen LogP contribution in [0.3, 0.4) is 0 Å². The first-order chi connectivity index (χ1) is 8.95. The third-order valence-electron chi connectivity index (χ3n) is 2.15. The van der Waals surface area contributed by atoms with Crippen LogP contribution >= 0.6 is 11.6 Å². The number of carbonyl (C=O) groups is 4. The molecule has 19 heavy (non-hydrogen) atoms. The van der Waals surface area contributed by atoms with Crippen molar-refractivity contribution in [1.82, 2.24) is 0 Å². The Morgan fingerprint density at radius 1 is 1.16 bits per heavy atom. The summed E-state index contributed by atoms with van der Waals surface area (Å²) >= 11 is 4.87. The van der Waals surface area contributed by atoms with E-state index in [2.05, 4.69) is 9.47 Å². The number of esters is 3. The summed E-state index contributed by atoms with van der Waals surface area (Å²) in [6.45, 7) is 0. The van der Waals surface area contributed by atoms with E-state index in [1.54, 1.807) is 6.07 Å². The molecule has 1 rings (SSSR count). The lowest BCUT2D eigenvalue weighted by molar-refractivity contribution is -0.146. The van der Waals surface area contributed by atoms with Crippen molar-refractivity contribution in [2.24, 2.45) is 0 Å². The van der Waals surface area contributed by atoms with Crippen LogP contribution in [0, 0.1) is 0 Å². The molecule has 0 amide bonds. The summed E-state index contributed by atoms with van der Waals surface area (Å²) in [5.74, 6) is -3.09. The van der Waals surface area contributed by atoms with E-state index in [1.807, 2.05) is 0 Å². The van der Waals surface area contributed by atoms with Crippen molar-refractivity contribution < 1.29 is 28.7 Å². The minimum atomic E-state index is -1.47. The topological polar surface area (TPSA) is 86.7 Å². The fourth-order valence-corrected chi connectivity index (χ4v) is 1.32. The lowest BCUT2D eigenvalue weighted by atomic mass is 10.0. The number of rotatable bonds is 4. The van der Waals surface area contributed by atoms with Crippen LogP contribution in [0.1, 0.15) is 15.9 Å². The van der Waals surface area contributed by atoms with Crippen molar-refractivity contribution in [3.63, 3.8) is 0 Å². The number of ether oxygens (including phenoxy) is 2. The van der Waals surface area contributed by atoms with E-state index in [-0.39, 0.29) is 12.0 Å². The van der Waals surface area contributed by atoms with Gasteiger partial charge < -0.3 is 9.47 Å². The molecule has 0 aliphatic heterocycles. The van der Waals surface area contributed by atoms with Crippen molar-refractivity contribution in [2.45, 2.75) is 6.42 Å². The Bertz CT molecular complexity index is 537. The first-order valence-electron chi connectivity index (χ1n) is 5.06. The summed E-state index contributed by atoms with van der Waals surface area (Å²) in [6.07, 6.45) is -0.162. The average molecular weight is 285 g/mol. The van der Waals surface area contributed by atoms with Gasteiger partial charge in [0, 0.05) is 0 Å². The standard InChI is InChI=1S/C12H9ClO6/c1-18-9(14)6-7-4-2-3-5-8(7)11(16)19-12(17)10(13)15/h2-5H,6H2,1H3. The van der Waals surface area contributed by atoms with Gasteiger partial charge in [0.1, 0.15) is 0 Å². The number of hydrogen-bond donors (Lipinski definition) is 0. The lowest BCUT2D eigenvalue weighted by Crippen LogP contribution is -2.19. The fraction of sp³-hybridized carbons (Fsp3) is 0.167. The maximum atomic E-state index is 11.6. The first kappa shape index (κ1) is 14.8. The quantitative estimate of drug-likeness (QED) is 0.353. The molecule has 0 fully saturated rings. The molecule has 0 heterocycles. The molecule has 100 valence electrons. The highest BCUT2D eigenvalue weighted by molar-refractivity contribution is 6.80. The van der Waals surface area contributed by atoms with E-state index < -0.39 is 23.2 Å². The number of benzene rings is 1. The summed E-state index contributed by atoms with van der Waals surface area (Å²) in [4.78, 5) is 44.2. The number of carbonyl (C=O) groups excluding carboxylic acids is 4. The van der Waals surface area contributed by atoms with Crippen molar-refractivity contribution >= 4 is 34.8 Å². The van der Waals surface area contributed by atoms with Crippen LogP contribution in [0.4, 0.5) is 0 Å². The van der Waals surface area contributed by atoms with Crippen LogP contribution < -0.4 is 0 Å². The molecule has 0 bridgehead atoms. The zero-order chi connectivity index (χ0) is 14.4. The van der Waals surface area contributed by atoms with Crippen molar-refractivity contribution in [2.75, 3.05) is 7.11 Å². The zero-order valence-electron chi connectivity index (χ0n) is 9.84. The summed E-state index contributed by atoms with van der Waals surface area (Å²) in [5, 5.41) is -1.40. The summed E-state index contributed by atoms with van der Waals surface area (Å²) in [5.41, 5.74) is 0.299. The Morgan fingerprint density at radius 2 is 1.79 bits per heavy atom. The Labute approximate surface area is 113 Å². The van der Waals surface area contributed by atoms with Gasteiger partial charge in [0.25, 0.3) is 0 Å². The second kappa shape index (κ2) is 6.65. The molecule has 0 atom stereocenters. The van der Waals surface area contributed by atoms with E-state index in [9.17, 15) is 19.2 Å². The molecule has 0 saturated carbocycles. The van der Waals surface area contributed by atoms with Crippen molar-refractivity contribution in [3.05, 3.63) is 35.4 Å². The van der Waals surface area contributed by atoms with Crippen molar-refractivity contribution in [1.29, 1.82) is 0 Å². The van der Waals surface area contributed by atoms with Gasteiger partial charge in [-0.25, -0.2) is 9.59 Å². The Balaban J connectivity index is 2.93. The number of halogens is 1. The van der Waals surface area contributed by atoms with Crippen LogP contribution in [-0.4, -0.2) is 30.3 Å². The third-order valence-corrected chi connectivity index (χ3v) is 2.30. The van der Waals surface area contributed by atoms with E-state index in [1.165, 1.54) is 25.3 Å². The predicted octanol–water partition coefficient (Wildman–Crippen LogP) is 0.851. The minimum Gasteiger partial charge on any atom is -0.469 e. The first-order valence-corrected chi connectivity index (χ1v) is 5.44. The van der Waals surface area contributed by atoms with Gasteiger partial charge in [-0.05, 0) is 23.2 Å². The fourth-order valence-electron chi connectivity index (χ4n) is 1.28. The Kier molecular flexibility index (Phi) is 5.20. The summed E-state index contributed by atoms with van der Waals surface area (Å²) < 4.78 is 8.72. The minimum absolute atomic E-state index is 0.0147. The second-order valence-electron chi connectivity index (χ2n) is 3.36. The van der Waals surface area contributed by atoms with E-state index in [0.717, 1.165) is 0 Å². The predicted molar refractivity (Wildman–Crippen MR) is 63.4 cm³/mol. The molecule has 0 radical (unpaired) electrons. The molecule has 0 saturated heterocycles. The van der Waals surface area contributed by atoms with Crippen LogP contribution in [0.25, 0.3) is 0 Å². The summed E-state index contributed by atoms with van der Waals surface area (Å²) in [7, 11) is 1.21. The van der Waals surface area contributed by atoms with Gasteiger partial charge in [-0.3, -0.25) is 9.59 Å². The van der Waals surface area contributed by atoms with Crippen LogP contribution in [0.2, 0.25) is 0 Å². The molecule has 0 unspecified atom stereocenters. The molecule has 1 aromatic rings. The summed E-state index contributed by atoms with van der Waals surface area (Å²) in [6, 6.07) is 5.97. The van der Waals surface area contributed by atoms with Gasteiger partial charge in [-0.15, -0.1) is 0 Å². The van der Waals surface area contributed by atoms with Gasteiger partial charge in [0.2, 0.25) is 0 Å². The highest BCUT2D eigenvalue weighted by Gasteiger charge is 2.21. The number of hydrogen-bond acceptors (Lipinski definition) is 6. The highest BCUT2D eigenvalue weighted by atomic mass is 35.5. The average Bonchev–Trinajstić information content (AvgIpc) is 2.38. The van der Waals surface area contributed by atoms with E-state index in [4.69, 9.17) is 11.6 Å². The van der Waals surface area contributed by atoms with Gasteiger partial charge in [-0.2, -0.15) is 0 Å². The van der Waals surface area contributed by atoms with E-state index in [0.29, 0.717) is 5.56 Å². The van der Waals surface area contributed by atoms with Gasteiger partial charge in [-0.1, -0.05) is 18.2 Å². The SMILES string of the molecule is COC(=O)Cc1ccccc1C(=O)OC(=O)C(=O)Cl. The van der Waals surface area contributed by atoms with Gasteiger partial charge >= 0.3 is 23.2 Å². The van der Waals surface area contributed by atoms with Crippen LogP contribution in [0.5, 0.6) is 0 Å². The smallest absolute Gasteiger partial charge is 0.399 e. The molecule has 0 aliphatic rings. The molecule has 0 spiro atoms. The maximum Gasteiger partial charge on any atom is 0.399 e. The second-order valence-corrected chi connectivity index (χ2v) is 3.70. The molecular formula is C12H9ClO6. The molecule has 0 aromatic heterocycles. The zero-order valence-corrected chi connectivity index (χ0v) is 10.6. The molecular weight excluding hydrogens is 276 g/mol. The lowest BCUT2D eigenvalue weighted by Gasteiger charge is -2.06. The highest BCUT2D eigenvalue weighted by Crippen LogP contribution is 2.12. The third kappa shape index (κ3) is 4.18. The molecule has 1 aromatic carbocycles.